The molecule has 3 heteroatoms. The third kappa shape index (κ3) is 2.03. The Hall–Kier alpha value is 0.110. The zero-order valence-electron chi connectivity index (χ0n) is 6.00. The van der Waals surface area contributed by atoms with Crippen molar-refractivity contribution in [2.75, 3.05) is 0 Å². The van der Waals surface area contributed by atoms with Crippen LogP contribution in [0.1, 0.15) is 11.1 Å². The fourth-order valence-electron chi connectivity index (χ4n) is 0.775. The molecule has 0 aromatic heterocycles. The summed E-state index contributed by atoms with van der Waals surface area (Å²) in [5.74, 6) is 0. The third-order valence-electron chi connectivity index (χ3n) is 1.50. The van der Waals surface area contributed by atoms with E-state index in [9.17, 15) is 4.39 Å². The van der Waals surface area contributed by atoms with Gasteiger partial charge in [-0.15, -0.1) is 0 Å². The second-order valence-corrected chi connectivity index (χ2v) is 4.03. The Bertz CT molecular complexity index is 248. The van der Waals surface area contributed by atoms with E-state index < -0.39 is 6.67 Å². The van der Waals surface area contributed by atoms with Crippen molar-refractivity contribution >= 4 is 31.9 Å². The van der Waals surface area contributed by atoms with Gasteiger partial charge in [-0.3, -0.25) is 0 Å². The van der Waals surface area contributed by atoms with Gasteiger partial charge >= 0.3 is 0 Å². The van der Waals surface area contributed by atoms with E-state index in [1.165, 1.54) is 0 Å². The van der Waals surface area contributed by atoms with Crippen LogP contribution in [0, 0.1) is 6.92 Å². The maximum Gasteiger partial charge on any atom is 0.115 e. The molecule has 0 aliphatic rings. The molecule has 0 amide bonds. The zero-order valence-corrected chi connectivity index (χ0v) is 9.17. The van der Waals surface area contributed by atoms with Crippen LogP contribution >= 0.6 is 31.9 Å². The predicted molar refractivity (Wildman–Crippen MR) is 51.4 cm³/mol. The molecule has 1 aromatic carbocycles. The molecule has 0 atom stereocenters. The fraction of sp³-hybridized carbons (Fsp3) is 0.250. The van der Waals surface area contributed by atoms with Gasteiger partial charge in [0.15, 0.2) is 0 Å². The number of halogens is 3. The summed E-state index contributed by atoms with van der Waals surface area (Å²) in [5.41, 5.74) is 1.79. The van der Waals surface area contributed by atoms with Crippen molar-refractivity contribution in [1.82, 2.24) is 0 Å². The minimum atomic E-state index is -0.419. The van der Waals surface area contributed by atoms with Gasteiger partial charge in [-0.2, -0.15) is 0 Å². The zero-order chi connectivity index (χ0) is 8.43. The summed E-state index contributed by atoms with van der Waals surface area (Å²) in [6.07, 6.45) is 0. The molecule has 0 saturated heterocycles. The van der Waals surface area contributed by atoms with Gasteiger partial charge in [0.1, 0.15) is 6.67 Å². The van der Waals surface area contributed by atoms with Gasteiger partial charge in [-0.1, -0.05) is 31.9 Å². The lowest BCUT2D eigenvalue weighted by Crippen LogP contribution is -1.83. The van der Waals surface area contributed by atoms with Gasteiger partial charge in [-0.25, -0.2) is 4.39 Å². The molecule has 0 radical (unpaired) electrons. The average molecular weight is 282 g/mol. The van der Waals surface area contributed by atoms with Crippen molar-refractivity contribution in [2.24, 2.45) is 0 Å². The summed E-state index contributed by atoms with van der Waals surface area (Å²) in [6.45, 7) is 1.55. The first-order valence-corrected chi connectivity index (χ1v) is 4.74. The first kappa shape index (κ1) is 9.20. The van der Waals surface area contributed by atoms with E-state index in [0.29, 0.717) is 5.56 Å². The van der Waals surface area contributed by atoms with Gasteiger partial charge in [-0.05, 0) is 30.2 Å². The van der Waals surface area contributed by atoms with Gasteiger partial charge in [0.2, 0.25) is 0 Å². The lowest BCUT2D eigenvalue weighted by Gasteiger charge is -2.03. The van der Waals surface area contributed by atoms with Crippen LogP contribution in [0.4, 0.5) is 4.39 Å². The van der Waals surface area contributed by atoms with Crippen LogP contribution < -0.4 is 0 Å². The van der Waals surface area contributed by atoms with E-state index in [2.05, 4.69) is 31.9 Å². The maximum absolute atomic E-state index is 12.2. The Morgan fingerprint density at radius 2 is 1.73 bits per heavy atom. The van der Waals surface area contributed by atoms with E-state index in [4.69, 9.17) is 0 Å². The molecule has 11 heavy (non-hydrogen) atoms. The normalized spacial score (nSPS) is 10.2. The van der Waals surface area contributed by atoms with Crippen LogP contribution in [0.3, 0.4) is 0 Å². The minimum absolute atomic E-state index is 0.419. The quantitative estimate of drug-likeness (QED) is 0.730. The van der Waals surface area contributed by atoms with E-state index in [-0.39, 0.29) is 0 Å². The molecule has 60 valence electrons. The molecular weight excluding hydrogens is 275 g/mol. The first-order valence-electron chi connectivity index (χ1n) is 3.15. The summed E-state index contributed by atoms with van der Waals surface area (Å²) < 4.78 is 14.1. The van der Waals surface area contributed by atoms with Crippen molar-refractivity contribution in [3.8, 4) is 0 Å². The number of alkyl halides is 1. The highest BCUT2D eigenvalue weighted by Crippen LogP contribution is 2.26. The summed E-state index contributed by atoms with van der Waals surface area (Å²) >= 11 is 6.68. The molecule has 1 aromatic rings. The Morgan fingerprint density at radius 3 is 2.09 bits per heavy atom. The van der Waals surface area contributed by atoms with E-state index in [0.717, 1.165) is 14.5 Å². The highest BCUT2D eigenvalue weighted by Gasteiger charge is 2.01. The molecule has 0 nitrogen and oxygen atoms in total. The molecule has 0 unspecified atom stereocenters. The van der Waals surface area contributed by atoms with Crippen molar-refractivity contribution in [2.45, 2.75) is 13.6 Å². The molecular formula is C8H7Br2F. The Kier molecular flexibility index (Phi) is 3.07. The molecule has 1 rings (SSSR count). The third-order valence-corrected chi connectivity index (χ3v) is 3.14. The number of rotatable bonds is 1. The largest absolute Gasteiger partial charge is 0.246 e. The summed E-state index contributed by atoms with van der Waals surface area (Å²) in [4.78, 5) is 0. The topological polar surface area (TPSA) is 0 Å². The smallest absolute Gasteiger partial charge is 0.115 e. The van der Waals surface area contributed by atoms with Crippen LogP contribution in [-0.2, 0) is 6.67 Å². The van der Waals surface area contributed by atoms with Crippen LogP contribution in [0.5, 0.6) is 0 Å². The lowest BCUT2D eigenvalue weighted by atomic mass is 10.2. The second-order valence-electron chi connectivity index (χ2n) is 2.32. The van der Waals surface area contributed by atoms with Crippen molar-refractivity contribution in [1.29, 1.82) is 0 Å². The molecule has 0 bridgehead atoms. The Morgan fingerprint density at radius 1 is 1.27 bits per heavy atom. The van der Waals surface area contributed by atoms with E-state index >= 15 is 0 Å². The summed E-state index contributed by atoms with van der Waals surface area (Å²) in [7, 11) is 0. The highest BCUT2D eigenvalue weighted by atomic mass is 79.9. The number of hydrogen-bond donors (Lipinski definition) is 0. The van der Waals surface area contributed by atoms with Crippen molar-refractivity contribution in [3.05, 3.63) is 32.2 Å². The van der Waals surface area contributed by atoms with Gasteiger partial charge in [0.25, 0.3) is 0 Å². The van der Waals surface area contributed by atoms with Crippen LogP contribution in [0.15, 0.2) is 21.1 Å². The Balaban J connectivity index is 3.21. The predicted octanol–water partition coefficient (Wildman–Crippen LogP) is 3.99. The SMILES string of the molecule is Cc1c(Br)cc(CF)cc1Br. The minimum Gasteiger partial charge on any atom is -0.246 e. The van der Waals surface area contributed by atoms with Gasteiger partial charge < -0.3 is 0 Å². The fourth-order valence-corrected chi connectivity index (χ4v) is 2.06. The van der Waals surface area contributed by atoms with Gasteiger partial charge in [0.05, 0.1) is 0 Å². The first-order chi connectivity index (χ1) is 5.15. The van der Waals surface area contributed by atoms with Gasteiger partial charge in [0, 0.05) is 8.95 Å². The highest BCUT2D eigenvalue weighted by molar-refractivity contribution is 9.11. The van der Waals surface area contributed by atoms with E-state index in [1.54, 1.807) is 12.1 Å². The monoisotopic (exact) mass is 280 g/mol. The molecule has 0 saturated carbocycles. The molecule has 0 N–H and O–H groups in total. The van der Waals surface area contributed by atoms with Crippen LogP contribution in [-0.4, -0.2) is 0 Å². The molecule has 0 spiro atoms. The van der Waals surface area contributed by atoms with Crippen LogP contribution in [0.2, 0.25) is 0 Å². The molecule has 0 heterocycles. The summed E-state index contributed by atoms with van der Waals surface area (Å²) in [6, 6.07) is 3.58. The molecule has 0 fully saturated rings. The van der Waals surface area contributed by atoms with Crippen LogP contribution in [0.25, 0.3) is 0 Å². The Labute approximate surface area is 82.1 Å². The summed E-state index contributed by atoms with van der Waals surface area (Å²) in [5, 5.41) is 0. The number of benzene rings is 1. The second kappa shape index (κ2) is 3.68. The number of hydrogen-bond acceptors (Lipinski definition) is 0. The van der Waals surface area contributed by atoms with Crippen molar-refractivity contribution in [3.63, 3.8) is 0 Å². The molecule has 0 aliphatic heterocycles. The maximum atomic E-state index is 12.2. The molecule has 0 aliphatic carbocycles. The lowest BCUT2D eigenvalue weighted by molar-refractivity contribution is 0.485. The average Bonchev–Trinajstić information content (AvgIpc) is 1.99. The van der Waals surface area contributed by atoms with E-state index in [1.807, 2.05) is 6.92 Å². The van der Waals surface area contributed by atoms with Crippen molar-refractivity contribution < 1.29 is 4.39 Å². The standard InChI is InChI=1S/C8H7Br2F/c1-5-7(9)2-6(4-11)3-8(5)10/h2-3H,4H2,1H3.